The van der Waals surface area contributed by atoms with Crippen LogP contribution >= 0.6 is 0 Å². The van der Waals surface area contributed by atoms with Gasteiger partial charge in [-0.25, -0.2) is 4.79 Å². The fraction of sp³-hybridized carbons (Fsp3) is 0.632. The molecule has 24 heavy (non-hydrogen) atoms. The van der Waals surface area contributed by atoms with Gasteiger partial charge in [0.2, 0.25) is 0 Å². The molecule has 5 heteroatoms. The number of rotatable bonds is 4. The van der Waals surface area contributed by atoms with Crippen molar-refractivity contribution in [2.45, 2.75) is 38.3 Å². The number of nitrogens with zero attached hydrogens (tertiary/aromatic N) is 1. The summed E-state index contributed by atoms with van der Waals surface area (Å²) in [4.78, 5) is 13.8. The van der Waals surface area contributed by atoms with Crippen molar-refractivity contribution in [3.05, 3.63) is 35.9 Å². The Labute approximate surface area is 144 Å². The second-order valence-electron chi connectivity index (χ2n) is 7.19. The van der Waals surface area contributed by atoms with Crippen LogP contribution in [0.25, 0.3) is 0 Å². The highest BCUT2D eigenvalue weighted by Crippen LogP contribution is 2.40. The number of benzene rings is 1. The minimum atomic E-state index is -0.131. The molecule has 2 N–H and O–H groups in total. The van der Waals surface area contributed by atoms with E-state index in [0.717, 1.165) is 32.7 Å². The van der Waals surface area contributed by atoms with Gasteiger partial charge in [0.05, 0.1) is 12.7 Å². The number of amides is 2. The van der Waals surface area contributed by atoms with Crippen LogP contribution in [-0.4, -0.2) is 50.3 Å². The lowest BCUT2D eigenvalue weighted by Crippen LogP contribution is -2.48. The monoisotopic (exact) mass is 331 g/mol. The van der Waals surface area contributed by atoms with Crippen LogP contribution in [0.1, 0.15) is 31.2 Å². The summed E-state index contributed by atoms with van der Waals surface area (Å²) >= 11 is 0. The first-order chi connectivity index (χ1) is 11.7. The first-order valence-electron chi connectivity index (χ1n) is 9.03. The zero-order chi connectivity index (χ0) is 16.8. The molecule has 2 fully saturated rings. The van der Waals surface area contributed by atoms with Gasteiger partial charge in [0.25, 0.3) is 0 Å². The van der Waals surface area contributed by atoms with Gasteiger partial charge >= 0.3 is 6.03 Å². The van der Waals surface area contributed by atoms with Gasteiger partial charge in [0.1, 0.15) is 0 Å². The van der Waals surface area contributed by atoms with Crippen molar-refractivity contribution < 1.29 is 9.53 Å². The molecule has 2 amide bonds. The Morgan fingerprint density at radius 1 is 1.25 bits per heavy atom. The van der Waals surface area contributed by atoms with E-state index in [2.05, 4.69) is 45.9 Å². The van der Waals surface area contributed by atoms with E-state index < -0.39 is 0 Å². The Kier molecular flexibility index (Phi) is 5.74. The molecule has 0 radical (unpaired) electrons. The molecular weight excluding hydrogens is 302 g/mol. The van der Waals surface area contributed by atoms with E-state index in [0.29, 0.717) is 12.0 Å². The van der Waals surface area contributed by atoms with Crippen LogP contribution in [0, 0.1) is 5.41 Å². The van der Waals surface area contributed by atoms with E-state index in [1.54, 1.807) is 7.05 Å². The SMILES string of the molecule is CNC(=O)NCC1CCC2(CCN(Cc3ccccc3)CC2)CO1. The maximum Gasteiger partial charge on any atom is 0.314 e. The number of ether oxygens (including phenoxy) is 1. The summed E-state index contributed by atoms with van der Waals surface area (Å²) in [5.74, 6) is 0. The molecule has 2 aliphatic rings. The highest BCUT2D eigenvalue weighted by Gasteiger charge is 2.38. The minimum absolute atomic E-state index is 0.131. The van der Waals surface area contributed by atoms with Gasteiger partial charge in [-0.2, -0.15) is 0 Å². The molecule has 0 aromatic heterocycles. The summed E-state index contributed by atoms with van der Waals surface area (Å²) in [6, 6.07) is 10.6. The van der Waals surface area contributed by atoms with E-state index in [4.69, 9.17) is 4.74 Å². The van der Waals surface area contributed by atoms with Crippen molar-refractivity contribution in [3.8, 4) is 0 Å². The molecule has 1 aromatic rings. The Hall–Kier alpha value is -1.59. The molecular formula is C19H29N3O2. The average Bonchev–Trinajstić information content (AvgIpc) is 2.64. The van der Waals surface area contributed by atoms with Crippen molar-refractivity contribution >= 4 is 6.03 Å². The molecule has 1 spiro atoms. The third-order valence-electron chi connectivity index (χ3n) is 5.50. The van der Waals surface area contributed by atoms with Crippen LogP contribution in [0.2, 0.25) is 0 Å². The first-order valence-corrected chi connectivity index (χ1v) is 9.03. The topological polar surface area (TPSA) is 53.6 Å². The van der Waals surface area contributed by atoms with Gasteiger partial charge in [0.15, 0.2) is 0 Å². The largest absolute Gasteiger partial charge is 0.376 e. The Morgan fingerprint density at radius 3 is 2.62 bits per heavy atom. The molecule has 0 saturated carbocycles. The second-order valence-corrected chi connectivity index (χ2v) is 7.19. The van der Waals surface area contributed by atoms with Crippen molar-refractivity contribution in [3.63, 3.8) is 0 Å². The maximum absolute atomic E-state index is 11.3. The average molecular weight is 331 g/mol. The zero-order valence-corrected chi connectivity index (χ0v) is 14.6. The summed E-state index contributed by atoms with van der Waals surface area (Å²) in [6.07, 6.45) is 4.86. The van der Waals surface area contributed by atoms with Crippen molar-refractivity contribution in [1.29, 1.82) is 0 Å². The summed E-state index contributed by atoms with van der Waals surface area (Å²) in [6.45, 7) is 4.80. The maximum atomic E-state index is 11.3. The predicted octanol–water partition coefficient (Wildman–Crippen LogP) is 2.38. The van der Waals surface area contributed by atoms with E-state index in [9.17, 15) is 4.79 Å². The molecule has 0 aliphatic carbocycles. The highest BCUT2D eigenvalue weighted by atomic mass is 16.5. The third-order valence-corrected chi connectivity index (χ3v) is 5.50. The highest BCUT2D eigenvalue weighted by molar-refractivity contribution is 5.73. The summed E-state index contributed by atoms with van der Waals surface area (Å²) < 4.78 is 6.06. The van der Waals surface area contributed by atoms with Crippen LogP contribution in [0.3, 0.4) is 0 Å². The molecule has 1 unspecified atom stereocenters. The van der Waals surface area contributed by atoms with Gasteiger partial charge in [0, 0.05) is 20.1 Å². The van der Waals surface area contributed by atoms with Crippen LogP contribution in [-0.2, 0) is 11.3 Å². The van der Waals surface area contributed by atoms with Crippen molar-refractivity contribution in [2.24, 2.45) is 5.41 Å². The van der Waals surface area contributed by atoms with E-state index in [1.807, 2.05) is 0 Å². The van der Waals surface area contributed by atoms with Gasteiger partial charge in [-0.1, -0.05) is 30.3 Å². The lowest BCUT2D eigenvalue weighted by molar-refractivity contribution is -0.0842. The molecule has 2 aliphatic heterocycles. The minimum Gasteiger partial charge on any atom is -0.376 e. The number of piperidine rings is 1. The number of likely N-dealkylation sites (tertiary alicyclic amines) is 1. The van der Waals surface area contributed by atoms with Gasteiger partial charge in [-0.15, -0.1) is 0 Å². The van der Waals surface area contributed by atoms with E-state index in [-0.39, 0.29) is 12.1 Å². The zero-order valence-electron chi connectivity index (χ0n) is 14.6. The molecule has 0 bridgehead atoms. The number of hydrogen-bond acceptors (Lipinski definition) is 3. The number of carbonyl (C=O) groups excluding carboxylic acids is 1. The van der Waals surface area contributed by atoms with E-state index >= 15 is 0 Å². The Morgan fingerprint density at radius 2 is 2.00 bits per heavy atom. The fourth-order valence-corrected chi connectivity index (χ4v) is 3.79. The Bertz CT molecular complexity index is 517. The molecule has 5 nitrogen and oxygen atoms in total. The van der Waals surface area contributed by atoms with Crippen LogP contribution in [0.5, 0.6) is 0 Å². The van der Waals surface area contributed by atoms with Gasteiger partial charge < -0.3 is 15.4 Å². The number of urea groups is 1. The summed E-state index contributed by atoms with van der Waals surface area (Å²) in [5, 5.41) is 5.42. The normalized spacial score (nSPS) is 23.8. The van der Waals surface area contributed by atoms with Gasteiger partial charge in [-0.3, -0.25) is 4.90 Å². The van der Waals surface area contributed by atoms with Crippen LogP contribution in [0.4, 0.5) is 4.79 Å². The quantitative estimate of drug-likeness (QED) is 0.891. The van der Waals surface area contributed by atoms with Gasteiger partial charge in [-0.05, 0) is 49.8 Å². The standard InChI is InChI=1S/C19H29N3O2/c1-20-18(23)21-13-17-7-8-19(15-24-17)9-11-22(12-10-19)14-16-5-3-2-4-6-16/h2-6,17H,7-15H2,1H3,(H2,20,21,23). The number of carbonyl (C=O) groups is 1. The third kappa shape index (κ3) is 4.48. The van der Waals surface area contributed by atoms with Crippen LogP contribution < -0.4 is 10.6 Å². The first kappa shape index (κ1) is 17.2. The number of nitrogens with one attached hydrogen (secondary N) is 2. The fourth-order valence-electron chi connectivity index (χ4n) is 3.79. The Balaban J connectivity index is 1.41. The number of hydrogen-bond donors (Lipinski definition) is 2. The molecule has 1 atom stereocenters. The second kappa shape index (κ2) is 7.99. The molecule has 132 valence electrons. The van der Waals surface area contributed by atoms with Crippen molar-refractivity contribution in [2.75, 3.05) is 33.3 Å². The molecule has 2 saturated heterocycles. The lowest BCUT2D eigenvalue weighted by atomic mass is 9.73. The molecule has 1 aromatic carbocycles. The van der Waals surface area contributed by atoms with E-state index in [1.165, 1.54) is 24.8 Å². The summed E-state index contributed by atoms with van der Waals surface area (Å²) in [7, 11) is 1.63. The smallest absolute Gasteiger partial charge is 0.314 e. The molecule has 3 rings (SSSR count). The predicted molar refractivity (Wildman–Crippen MR) is 94.8 cm³/mol. The molecule has 2 heterocycles. The van der Waals surface area contributed by atoms with Crippen molar-refractivity contribution in [1.82, 2.24) is 15.5 Å². The van der Waals surface area contributed by atoms with Crippen LogP contribution in [0.15, 0.2) is 30.3 Å². The summed E-state index contributed by atoms with van der Waals surface area (Å²) in [5.41, 5.74) is 1.75. The lowest BCUT2D eigenvalue weighted by Gasteiger charge is -2.45.